The molecule has 0 bridgehead atoms. The van der Waals surface area contributed by atoms with Gasteiger partial charge in [0.1, 0.15) is 30.6 Å². The van der Waals surface area contributed by atoms with Gasteiger partial charge >= 0.3 is 5.97 Å². The van der Waals surface area contributed by atoms with Gasteiger partial charge in [0.15, 0.2) is 11.5 Å². The number of rotatable bonds is 12. The van der Waals surface area contributed by atoms with E-state index in [0.29, 0.717) is 47.3 Å². The highest BCUT2D eigenvalue weighted by Gasteiger charge is 2.13. The Morgan fingerprint density at radius 1 is 0.786 bits per heavy atom. The van der Waals surface area contributed by atoms with Crippen LogP contribution >= 0.6 is 0 Å². The monoisotopic (exact) mass is 562 g/mol. The van der Waals surface area contributed by atoms with Gasteiger partial charge in [-0.2, -0.15) is 5.26 Å². The maximum absolute atomic E-state index is 12.8. The molecule has 0 fully saturated rings. The number of methoxy groups -OCH3 is 1. The third kappa shape index (κ3) is 7.99. The normalized spacial score (nSPS) is 10.7. The predicted octanol–water partition coefficient (Wildman–Crippen LogP) is 6.58. The van der Waals surface area contributed by atoms with Crippen LogP contribution in [0.25, 0.3) is 6.08 Å². The number of esters is 1. The van der Waals surface area contributed by atoms with Gasteiger partial charge in [-0.25, -0.2) is 4.79 Å². The molecule has 8 nitrogen and oxygen atoms in total. The highest BCUT2D eigenvalue weighted by molar-refractivity contribution is 6.10. The molecule has 0 heterocycles. The summed E-state index contributed by atoms with van der Waals surface area (Å²) in [5.74, 6) is 0.681. The van der Waals surface area contributed by atoms with E-state index >= 15 is 0 Å². The highest BCUT2D eigenvalue weighted by Crippen LogP contribution is 2.30. The summed E-state index contributed by atoms with van der Waals surface area (Å²) in [5, 5.41) is 12.4. The molecule has 212 valence electrons. The maximum Gasteiger partial charge on any atom is 0.337 e. The maximum atomic E-state index is 12.8. The number of amides is 1. The van der Waals surface area contributed by atoms with Crippen LogP contribution in [0.3, 0.4) is 0 Å². The number of nitriles is 1. The summed E-state index contributed by atoms with van der Waals surface area (Å²) < 4.78 is 22.6. The van der Waals surface area contributed by atoms with E-state index < -0.39 is 11.9 Å². The number of carbonyl (C=O) groups excluding carboxylic acids is 2. The number of hydrogen-bond acceptors (Lipinski definition) is 7. The van der Waals surface area contributed by atoms with E-state index in [4.69, 9.17) is 14.2 Å². The van der Waals surface area contributed by atoms with Gasteiger partial charge in [0.05, 0.1) is 19.3 Å². The second-order valence-corrected chi connectivity index (χ2v) is 9.01. The minimum Gasteiger partial charge on any atom is -0.490 e. The Morgan fingerprint density at radius 2 is 1.48 bits per heavy atom. The average Bonchev–Trinajstić information content (AvgIpc) is 3.03. The Morgan fingerprint density at radius 3 is 2.19 bits per heavy atom. The molecule has 1 amide bonds. The fraction of sp³-hybridized carbons (Fsp3) is 0.147. The topological polar surface area (TPSA) is 107 Å². The lowest BCUT2D eigenvalue weighted by Crippen LogP contribution is -2.13. The van der Waals surface area contributed by atoms with Crippen molar-refractivity contribution in [1.29, 1.82) is 5.26 Å². The highest BCUT2D eigenvalue weighted by atomic mass is 16.5. The van der Waals surface area contributed by atoms with Crippen molar-refractivity contribution in [1.82, 2.24) is 0 Å². The zero-order valence-corrected chi connectivity index (χ0v) is 23.3. The average molecular weight is 563 g/mol. The Bertz CT molecular complexity index is 1590. The minimum atomic E-state index is -0.592. The standard InChI is InChI=1S/C34H30N2O6/c1-3-40-32-19-25(13-18-31(32)42-22-24-9-5-4-6-10-24)23-41-30-12-8-7-11-27(30)20-28(21-35)33(37)36-29-16-14-26(15-17-29)34(38)39-2/h4-20H,3,22-23H2,1-2H3,(H,36,37)/b28-20-. The summed E-state index contributed by atoms with van der Waals surface area (Å²) in [4.78, 5) is 24.5. The van der Waals surface area contributed by atoms with Gasteiger partial charge in [-0.15, -0.1) is 0 Å². The molecule has 0 atom stereocenters. The number of ether oxygens (including phenoxy) is 4. The first-order valence-electron chi connectivity index (χ1n) is 13.3. The second-order valence-electron chi connectivity index (χ2n) is 9.01. The lowest BCUT2D eigenvalue weighted by molar-refractivity contribution is -0.112. The van der Waals surface area contributed by atoms with Gasteiger partial charge < -0.3 is 24.3 Å². The van der Waals surface area contributed by atoms with Crippen LogP contribution in [0.2, 0.25) is 0 Å². The van der Waals surface area contributed by atoms with Crippen LogP contribution in [0.4, 0.5) is 5.69 Å². The lowest BCUT2D eigenvalue weighted by Gasteiger charge is -2.15. The molecule has 4 aromatic rings. The van der Waals surface area contributed by atoms with Crippen molar-refractivity contribution >= 4 is 23.6 Å². The molecule has 0 aliphatic heterocycles. The van der Waals surface area contributed by atoms with E-state index in [9.17, 15) is 14.9 Å². The van der Waals surface area contributed by atoms with Crippen molar-refractivity contribution in [3.05, 3.63) is 125 Å². The predicted molar refractivity (Wildman–Crippen MR) is 159 cm³/mol. The largest absolute Gasteiger partial charge is 0.490 e. The molecule has 0 aliphatic carbocycles. The minimum absolute atomic E-state index is 0.110. The van der Waals surface area contributed by atoms with Crippen LogP contribution in [-0.4, -0.2) is 25.6 Å². The summed E-state index contributed by atoms with van der Waals surface area (Å²) >= 11 is 0. The number of para-hydroxylation sites is 1. The number of hydrogen-bond donors (Lipinski definition) is 1. The van der Waals surface area contributed by atoms with E-state index in [1.54, 1.807) is 30.3 Å². The SMILES string of the molecule is CCOc1cc(COc2ccccc2/C=C(/C#N)C(=O)Nc2ccc(C(=O)OC)cc2)ccc1OCc1ccccc1. The van der Waals surface area contributed by atoms with Crippen LogP contribution in [0.1, 0.15) is 34.0 Å². The number of benzene rings is 4. The molecule has 0 aromatic heterocycles. The zero-order chi connectivity index (χ0) is 29.7. The smallest absolute Gasteiger partial charge is 0.337 e. The van der Waals surface area contributed by atoms with Gasteiger partial charge in [-0.05, 0) is 66.6 Å². The fourth-order valence-electron chi connectivity index (χ4n) is 3.97. The van der Waals surface area contributed by atoms with E-state index in [2.05, 4.69) is 10.1 Å². The van der Waals surface area contributed by atoms with Crippen molar-refractivity contribution in [3.8, 4) is 23.3 Å². The van der Waals surface area contributed by atoms with Gasteiger partial charge in [0.2, 0.25) is 0 Å². The summed E-state index contributed by atoms with van der Waals surface area (Å²) in [6, 6.07) is 30.8. The second kappa shape index (κ2) is 14.7. The molecule has 0 spiro atoms. The number of nitrogens with zero attached hydrogens (tertiary/aromatic N) is 1. The summed E-state index contributed by atoms with van der Waals surface area (Å²) in [7, 11) is 1.29. The van der Waals surface area contributed by atoms with Crippen molar-refractivity contribution in [2.45, 2.75) is 20.1 Å². The van der Waals surface area contributed by atoms with Crippen LogP contribution < -0.4 is 19.5 Å². The molecular weight excluding hydrogens is 532 g/mol. The Labute approximate surface area is 244 Å². The summed E-state index contributed by atoms with van der Waals surface area (Å²) in [6.45, 7) is 3.04. The summed E-state index contributed by atoms with van der Waals surface area (Å²) in [6.07, 6.45) is 1.47. The molecule has 0 radical (unpaired) electrons. The number of nitrogens with one attached hydrogen (secondary N) is 1. The Balaban J connectivity index is 1.45. The van der Waals surface area contributed by atoms with E-state index in [-0.39, 0.29) is 12.2 Å². The van der Waals surface area contributed by atoms with E-state index in [0.717, 1.165) is 11.1 Å². The molecule has 42 heavy (non-hydrogen) atoms. The third-order valence-corrected chi connectivity index (χ3v) is 6.09. The first-order valence-corrected chi connectivity index (χ1v) is 13.3. The molecule has 8 heteroatoms. The lowest BCUT2D eigenvalue weighted by atomic mass is 10.1. The molecular formula is C34H30N2O6. The van der Waals surface area contributed by atoms with Gasteiger partial charge in [-0.3, -0.25) is 4.79 Å². The molecule has 0 saturated heterocycles. The van der Waals surface area contributed by atoms with Crippen LogP contribution in [0.15, 0.2) is 103 Å². The van der Waals surface area contributed by atoms with Crippen molar-refractivity contribution in [2.24, 2.45) is 0 Å². The van der Waals surface area contributed by atoms with Crippen LogP contribution in [0, 0.1) is 11.3 Å². The van der Waals surface area contributed by atoms with E-state index in [1.807, 2.05) is 67.6 Å². The third-order valence-electron chi connectivity index (χ3n) is 6.09. The molecule has 0 unspecified atom stereocenters. The number of anilines is 1. The first-order chi connectivity index (χ1) is 20.5. The molecule has 0 aliphatic rings. The first kappa shape index (κ1) is 29.4. The van der Waals surface area contributed by atoms with Crippen molar-refractivity contribution < 1.29 is 28.5 Å². The van der Waals surface area contributed by atoms with Crippen LogP contribution in [-0.2, 0) is 22.7 Å². The van der Waals surface area contributed by atoms with Gasteiger partial charge in [0, 0.05) is 11.3 Å². The molecule has 0 saturated carbocycles. The Hall–Kier alpha value is -5.55. The zero-order valence-electron chi connectivity index (χ0n) is 23.3. The molecule has 4 aromatic carbocycles. The van der Waals surface area contributed by atoms with Crippen molar-refractivity contribution in [3.63, 3.8) is 0 Å². The van der Waals surface area contributed by atoms with Gasteiger partial charge in [-0.1, -0.05) is 54.6 Å². The van der Waals surface area contributed by atoms with Gasteiger partial charge in [0.25, 0.3) is 5.91 Å². The summed E-state index contributed by atoms with van der Waals surface area (Å²) in [5.41, 5.74) is 3.15. The quantitative estimate of drug-likeness (QED) is 0.118. The number of carbonyl (C=O) groups is 2. The van der Waals surface area contributed by atoms with Crippen LogP contribution in [0.5, 0.6) is 17.2 Å². The molecule has 1 N–H and O–H groups in total. The molecule has 4 rings (SSSR count). The van der Waals surface area contributed by atoms with Crippen molar-refractivity contribution in [2.75, 3.05) is 19.0 Å². The Kier molecular flexibility index (Phi) is 10.3. The van der Waals surface area contributed by atoms with E-state index in [1.165, 1.54) is 25.3 Å². The fourth-order valence-corrected chi connectivity index (χ4v) is 3.97.